The molecular weight excluding hydrogens is 324 g/mol. The van der Waals surface area contributed by atoms with Crippen molar-refractivity contribution in [1.29, 1.82) is 0 Å². The fourth-order valence-electron chi connectivity index (χ4n) is 2.38. The highest BCUT2D eigenvalue weighted by atomic mass is 32.1. The van der Waals surface area contributed by atoms with Crippen molar-refractivity contribution >= 4 is 17.2 Å². The molecule has 3 aromatic rings. The highest BCUT2D eigenvalue weighted by molar-refractivity contribution is 7.13. The van der Waals surface area contributed by atoms with Crippen molar-refractivity contribution in [2.45, 2.75) is 13.0 Å². The Labute approximate surface area is 144 Å². The van der Waals surface area contributed by atoms with Crippen LogP contribution in [0.1, 0.15) is 11.3 Å². The van der Waals surface area contributed by atoms with Gasteiger partial charge in [-0.05, 0) is 17.0 Å². The maximum atomic E-state index is 12.5. The molecule has 124 valence electrons. The molecule has 0 aliphatic rings. The lowest BCUT2D eigenvalue weighted by molar-refractivity contribution is -0.131. The molecule has 0 unspecified atom stereocenters. The monoisotopic (exact) mass is 342 g/mol. The predicted octanol–water partition coefficient (Wildman–Crippen LogP) is 2.97. The van der Waals surface area contributed by atoms with E-state index >= 15 is 0 Å². The van der Waals surface area contributed by atoms with E-state index in [9.17, 15) is 9.90 Å². The number of benzene rings is 1. The highest BCUT2D eigenvalue weighted by Gasteiger charge is 2.17. The van der Waals surface area contributed by atoms with Crippen LogP contribution in [0.3, 0.4) is 0 Å². The van der Waals surface area contributed by atoms with Crippen molar-refractivity contribution in [1.82, 2.24) is 9.88 Å². The molecule has 1 aromatic carbocycles. The number of hydrogen-bond donors (Lipinski definition) is 1. The number of carbonyl (C=O) groups is 1. The number of aliphatic hydroxyl groups excluding tert-OH is 1. The molecule has 2 heterocycles. The van der Waals surface area contributed by atoms with Gasteiger partial charge in [0, 0.05) is 13.1 Å². The topological polar surface area (TPSA) is 66.6 Å². The van der Waals surface area contributed by atoms with Crippen LogP contribution in [0, 0.1) is 0 Å². The maximum Gasteiger partial charge on any atom is 0.236 e. The number of aromatic nitrogens is 1. The Balaban J connectivity index is 1.67. The predicted molar refractivity (Wildman–Crippen MR) is 92.5 cm³/mol. The zero-order chi connectivity index (χ0) is 16.8. The third-order valence-electron chi connectivity index (χ3n) is 3.55. The number of thiophene rings is 1. The molecule has 0 bridgehead atoms. The van der Waals surface area contributed by atoms with E-state index < -0.39 is 0 Å². The minimum Gasteiger partial charge on any atom is -0.444 e. The van der Waals surface area contributed by atoms with Crippen LogP contribution in [0.15, 0.2) is 58.5 Å². The Morgan fingerprint density at radius 1 is 1.21 bits per heavy atom. The maximum absolute atomic E-state index is 12.5. The summed E-state index contributed by atoms with van der Waals surface area (Å²) in [5.74, 6) is 0.448. The van der Waals surface area contributed by atoms with Crippen molar-refractivity contribution < 1.29 is 14.3 Å². The molecule has 6 heteroatoms. The van der Waals surface area contributed by atoms with Gasteiger partial charge >= 0.3 is 0 Å². The van der Waals surface area contributed by atoms with Gasteiger partial charge in [0.1, 0.15) is 6.26 Å². The van der Waals surface area contributed by atoms with Crippen LogP contribution in [0.4, 0.5) is 0 Å². The van der Waals surface area contributed by atoms with Gasteiger partial charge in [-0.2, -0.15) is 0 Å². The zero-order valence-corrected chi connectivity index (χ0v) is 13.9. The SMILES string of the molecule is O=C(Cc1coc(-c2cccs2)n1)N(CCO)Cc1ccccc1. The van der Waals surface area contributed by atoms with Gasteiger partial charge in [-0.3, -0.25) is 4.79 Å². The summed E-state index contributed by atoms with van der Waals surface area (Å²) in [5, 5.41) is 11.2. The van der Waals surface area contributed by atoms with Gasteiger partial charge < -0.3 is 14.4 Å². The van der Waals surface area contributed by atoms with Crippen molar-refractivity contribution in [2.24, 2.45) is 0 Å². The van der Waals surface area contributed by atoms with E-state index in [0.717, 1.165) is 10.4 Å². The summed E-state index contributed by atoms with van der Waals surface area (Å²) in [6, 6.07) is 13.6. The van der Waals surface area contributed by atoms with Crippen molar-refractivity contribution in [3.8, 4) is 10.8 Å². The first-order valence-electron chi connectivity index (χ1n) is 7.67. The number of rotatable bonds is 7. The first-order chi connectivity index (χ1) is 11.8. The number of carbonyl (C=O) groups excluding carboxylic acids is 1. The highest BCUT2D eigenvalue weighted by Crippen LogP contribution is 2.23. The molecule has 0 saturated carbocycles. The summed E-state index contributed by atoms with van der Waals surface area (Å²) in [5.41, 5.74) is 1.62. The molecule has 0 radical (unpaired) electrons. The number of oxazole rings is 1. The van der Waals surface area contributed by atoms with Crippen molar-refractivity contribution in [3.05, 3.63) is 65.4 Å². The van der Waals surface area contributed by atoms with Crippen molar-refractivity contribution in [2.75, 3.05) is 13.2 Å². The number of nitrogens with zero attached hydrogens (tertiary/aromatic N) is 2. The lowest BCUT2D eigenvalue weighted by Crippen LogP contribution is -2.34. The second kappa shape index (κ2) is 7.90. The fourth-order valence-corrected chi connectivity index (χ4v) is 3.04. The van der Waals surface area contributed by atoms with E-state index in [1.54, 1.807) is 4.90 Å². The molecule has 0 atom stereocenters. The first kappa shape index (κ1) is 16.4. The normalized spacial score (nSPS) is 10.7. The summed E-state index contributed by atoms with van der Waals surface area (Å²) in [4.78, 5) is 19.5. The van der Waals surface area contributed by atoms with Gasteiger partial charge in [-0.25, -0.2) is 4.98 Å². The van der Waals surface area contributed by atoms with Gasteiger partial charge in [0.15, 0.2) is 0 Å². The minimum atomic E-state index is -0.0843. The molecule has 0 spiro atoms. The van der Waals surface area contributed by atoms with E-state index in [1.807, 2.05) is 47.8 Å². The summed E-state index contributed by atoms with van der Waals surface area (Å²) in [6.07, 6.45) is 1.67. The molecule has 3 rings (SSSR count). The number of amides is 1. The summed E-state index contributed by atoms with van der Waals surface area (Å²) in [7, 11) is 0. The van der Waals surface area contributed by atoms with Crippen LogP contribution in [-0.2, 0) is 17.8 Å². The number of hydrogen-bond acceptors (Lipinski definition) is 5. The van der Waals surface area contributed by atoms with Crippen molar-refractivity contribution in [3.63, 3.8) is 0 Å². The molecule has 0 saturated heterocycles. The summed E-state index contributed by atoms with van der Waals surface area (Å²) < 4.78 is 5.45. The Morgan fingerprint density at radius 2 is 2.04 bits per heavy atom. The number of aliphatic hydroxyl groups is 1. The zero-order valence-electron chi connectivity index (χ0n) is 13.1. The average molecular weight is 342 g/mol. The lowest BCUT2D eigenvalue weighted by atomic mass is 10.2. The molecular formula is C18H18N2O3S. The Morgan fingerprint density at radius 3 is 2.75 bits per heavy atom. The van der Waals surface area contributed by atoms with Crippen LogP contribution in [0.25, 0.3) is 10.8 Å². The molecule has 0 aliphatic heterocycles. The largest absolute Gasteiger partial charge is 0.444 e. The third-order valence-corrected chi connectivity index (χ3v) is 4.41. The van der Waals surface area contributed by atoms with Crippen LogP contribution >= 0.6 is 11.3 Å². The van der Waals surface area contributed by atoms with E-state index in [2.05, 4.69) is 4.98 Å². The average Bonchev–Trinajstić information content (AvgIpc) is 3.26. The fraction of sp³-hybridized carbons (Fsp3) is 0.222. The summed E-state index contributed by atoms with van der Waals surface area (Å²) in [6.45, 7) is 0.692. The van der Waals surface area contributed by atoms with E-state index in [-0.39, 0.29) is 18.9 Å². The van der Waals surface area contributed by atoms with E-state index in [0.29, 0.717) is 24.7 Å². The molecule has 0 fully saturated rings. The summed E-state index contributed by atoms with van der Waals surface area (Å²) >= 11 is 1.54. The minimum absolute atomic E-state index is 0.0716. The van der Waals surface area contributed by atoms with Crippen LogP contribution in [-0.4, -0.2) is 34.0 Å². The van der Waals surface area contributed by atoms with Gasteiger partial charge in [0.05, 0.1) is 23.6 Å². The van der Waals surface area contributed by atoms with E-state index in [1.165, 1.54) is 17.6 Å². The van der Waals surface area contributed by atoms with Crippen LogP contribution in [0.5, 0.6) is 0 Å². The molecule has 24 heavy (non-hydrogen) atoms. The molecule has 1 amide bonds. The standard InChI is InChI=1S/C18H18N2O3S/c21-9-8-20(12-14-5-2-1-3-6-14)17(22)11-15-13-23-18(19-15)16-7-4-10-24-16/h1-7,10,13,21H,8-9,11-12H2. The second-order valence-electron chi connectivity index (χ2n) is 5.32. The van der Waals surface area contributed by atoms with Gasteiger partial charge in [0.2, 0.25) is 11.8 Å². The van der Waals surface area contributed by atoms with Crippen LogP contribution in [0.2, 0.25) is 0 Å². The van der Waals surface area contributed by atoms with Gasteiger partial charge in [-0.15, -0.1) is 11.3 Å². The lowest BCUT2D eigenvalue weighted by Gasteiger charge is -2.21. The first-order valence-corrected chi connectivity index (χ1v) is 8.55. The molecule has 1 N–H and O–H groups in total. The Hall–Kier alpha value is -2.44. The smallest absolute Gasteiger partial charge is 0.236 e. The molecule has 0 aliphatic carbocycles. The Bertz CT molecular complexity index is 769. The van der Waals surface area contributed by atoms with Gasteiger partial charge in [-0.1, -0.05) is 36.4 Å². The third kappa shape index (κ3) is 4.10. The van der Waals surface area contributed by atoms with Crippen LogP contribution < -0.4 is 0 Å². The van der Waals surface area contributed by atoms with E-state index in [4.69, 9.17) is 4.42 Å². The molecule has 5 nitrogen and oxygen atoms in total. The molecule has 2 aromatic heterocycles. The quantitative estimate of drug-likeness (QED) is 0.717. The van der Waals surface area contributed by atoms with Gasteiger partial charge in [0.25, 0.3) is 0 Å². The second-order valence-corrected chi connectivity index (χ2v) is 6.27. The Kier molecular flexibility index (Phi) is 5.40.